The van der Waals surface area contributed by atoms with Crippen molar-refractivity contribution in [1.82, 2.24) is 20.3 Å². The summed E-state index contributed by atoms with van der Waals surface area (Å²) in [5.74, 6) is -0.261. The SMILES string of the molecule is CCOC(=O)c1nnn(CC(=O)NCC(C)C)c1C(C)C. The van der Waals surface area contributed by atoms with Gasteiger partial charge in [0, 0.05) is 6.54 Å². The molecule has 0 saturated carbocycles. The number of nitrogens with zero attached hydrogens (tertiary/aromatic N) is 3. The average molecular weight is 296 g/mol. The number of aromatic nitrogens is 3. The van der Waals surface area contributed by atoms with Gasteiger partial charge in [-0.2, -0.15) is 0 Å². The van der Waals surface area contributed by atoms with Crippen LogP contribution in [0.25, 0.3) is 0 Å². The Balaban J connectivity index is 2.88. The zero-order valence-electron chi connectivity index (χ0n) is 13.3. The Morgan fingerprint density at radius 1 is 1.29 bits per heavy atom. The van der Waals surface area contributed by atoms with Crippen LogP contribution < -0.4 is 5.32 Å². The molecule has 0 atom stereocenters. The molecule has 0 aliphatic rings. The van der Waals surface area contributed by atoms with E-state index in [9.17, 15) is 9.59 Å². The smallest absolute Gasteiger partial charge is 0.360 e. The van der Waals surface area contributed by atoms with Crippen LogP contribution in [0.2, 0.25) is 0 Å². The molecule has 0 saturated heterocycles. The summed E-state index contributed by atoms with van der Waals surface area (Å²) in [7, 11) is 0. The Labute approximate surface area is 125 Å². The van der Waals surface area contributed by atoms with E-state index in [-0.39, 0.29) is 30.7 Å². The van der Waals surface area contributed by atoms with E-state index in [0.29, 0.717) is 18.2 Å². The number of amides is 1. The third kappa shape index (κ3) is 4.84. The maximum Gasteiger partial charge on any atom is 0.360 e. The highest BCUT2D eigenvalue weighted by Gasteiger charge is 2.24. The molecule has 21 heavy (non-hydrogen) atoms. The zero-order chi connectivity index (χ0) is 16.0. The fraction of sp³-hybridized carbons (Fsp3) is 0.714. The lowest BCUT2D eigenvalue weighted by Crippen LogP contribution is -2.31. The second-order valence-corrected chi connectivity index (χ2v) is 5.55. The molecule has 0 fully saturated rings. The number of carbonyl (C=O) groups excluding carboxylic acids is 2. The topological polar surface area (TPSA) is 86.1 Å². The molecule has 7 heteroatoms. The van der Waals surface area contributed by atoms with Crippen molar-refractivity contribution in [2.24, 2.45) is 5.92 Å². The summed E-state index contributed by atoms with van der Waals surface area (Å²) in [6, 6.07) is 0. The Bertz CT molecular complexity index is 494. The molecule has 1 aromatic heterocycles. The molecule has 1 rings (SSSR count). The average Bonchev–Trinajstić information content (AvgIpc) is 2.80. The van der Waals surface area contributed by atoms with Crippen molar-refractivity contribution in [3.8, 4) is 0 Å². The lowest BCUT2D eigenvalue weighted by atomic mass is 10.1. The molecule has 1 heterocycles. The van der Waals surface area contributed by atoms with Crippen LogP contribution in [0.3, 0.4) is 0 Å². The van der Waals surface area contributed by atoms with Crippen molar-refractivity contribution in [2.45, 2.75) is 47.1 Å². The summed E-state index contributed by atoms with van der Waals surface area (Å²) in [5.41, 5.74) is 0.802. The lowest BCUT2D eigenvalue weighted by Gasteiger charge is -2.11. The molecule has 0 aromatic carbocycles. The van der Waals surface area contributed by atoms with Crippen molar-refractivity contribution in [2.75, 3.05) is 13.2 Å². The Hall–Kier alpha value is -1.92. The fourth-order valence-corrected chi connectivity index (χ4v) is 1.86. The van der Waals surface area contributed by atoms with Crippen molar-refractivity contribution >= 4 is 11.9 Å². The minimum atomic E-state index is -0.505. The minimum Gasteiger partial charge on any atom is -0.461 e. The number of hydrogen-bond acceptors (Lipinski definition) is 5. The number of rotatable bonds is 7. The first-order valence-corrected chi connectivity index (χ1v) is 7.24. The van der Waals surface area contributed by atoms with Crippen molar-refractivity contribution in [1.29, 1.82) is 0 Å². The molecule has 0 unspecified atom stereocenters. The Kier molecular flexibility index (Phi) is 6.33. The quantitative estimate of drug-likeness (QED) is 0.768. The van der Waals surface area contributed by atoms with Gasteiger partial charge in [-0.25, -0.2) is 9.48 Å². The normalized spacial score (nSPS) is 11.0. The summed E-state index contributed by atoms with van der Waals surface area (Å²) in [5, 5.41) is 10.6. The highest BCUT2D eigenvalue weighted by atomic mass is 16.5. The van der Waals surface area contributed by atoms with Gasteiger partial charge in [-0.1, -0.05) is 32.9 Å². The summed E-state index contributed by atoms with van der Waals surface area (Å²) in [4.78, 5) is 23.7. The molecule has 1 amide bonds. The van der Waals surface area contributed by atoms with Crippen LogP contribution in [0.5, 0.6) is 0 Å². The Morgan fingerprint density at radius 2 is 1.95 bits per heavy atom. The molecule has 0 aliphatic carbocycles. The molecular weight excluding hydrogens is 272 g/mol. The van der Waals surface area contributed by atoms with E-state index in [2.05, 4.69) is 15.6 Å². The van der Waals surface area contributed by atoms with Gasteiger partial charge >= 0.3 is 5.97 Å². The van der Waals surface area contributed by atoms with Gasteiger partial charge in [0.2, 0.25) is 5.91 Å². The van der Waals surface area contributed by atoms with Gasteiger partial charge < -0.3 is 10.1 Å². The molecule has 0 radical (unpaired) electrons. The number of carbonyl (C=O) groups is 2. The molecule has 1 aromatic rings. The number of esters is 1. The monoisotopic (exact) mass is 296 g/mol. The highest BCUT2D eigenvalue weighted by Crippen LogP contribution is 2.18. The molecule has 0 bridgehead atoms. The summed E-state index contributed by atoms with van der Waals surface area (Å²) >= 11 is 0. The standard InChI is InChI=1S/C14H24N4O3/c1-6-21-14(20)12-13(10(4)5)18(17-16-12)8-11(19)15-7-9(2)3/h9-10H,6-8H2,1-5H3,(H,15,19). The fourth-order valence-electron chi connectivity index (χ4n) is 1.86. The summed E-state index contributed by atoms with van der Waals surface area (Å²) in [6.07, 6.45) is 0. The van der Waals surface area contributed by atoms with Gasteiger partial charge in [0.15, 0.2) is 5.69 Å². The van der Waals surface area contributed by atoms with Crippen LogP contribution in [0.1, 0.15) is 56.7 Å². The molecule has 0 aliphatic heterocycles. The second-order valence-electron chi connectivity index (χ2n) is 5.55. The van der Waals surface area contributed by atoms with Crippen LogP contribution in [0, 0.1) is 5.92 Å². The second kappa shape index (κ2) is 7.75. The van der Waals surface area contributed by atoms with Crippen LogP contribution in [-0.4, -0.2) is 40.0 Å². The third-order valence-electron chi connectivity index (χ3n) is 2.79. The van der Waals surface area contributed by atoms with Gasteiger partial charge in [0.1, 0.15) is 6.54 Å². The minimum absolute atomic E-state index is 0.0114. The van der Waals surface area contributed by atoms with Crippen LogP contribution >= 0.6 is 0 Å². The molecule has 118 valence electrons. The Morgan fingerprint density at radius 3 is 2.48 bits per heavy atom. The molecule has 7 nitrogen and oxygen atoms in total. The molecule has 0 spiro atoms. The zero-order valence-corrected chi connectivity index (χ0v) is 13.3. The van der Waals surface area contributed by atoms with E-state index in [4.69, 9.17) is 4.74 Å². The van der Waals surface area contributed by atoms with E-state index in [0.717, 1.165) is 0 Å². The third-order valence-corrected chi connectivity index (χ3v) is 2.79. The predicted octanol–water partition coefficient (Wildman–Crippen LogP) is 1.35. The number of ether oxygens (including phenoxy) is 1. The van der Waals surface area contributed by atoms with Crippen LogP contribution in [-0.2, 0) is 16.1 Å². The largest absolute Gasteiger partial charge is 0.461 e. The first-order chi connectivity index (χ1) is 9.86. The van der Waals surface area contributed by atoms with Crippen molar-refractivity contribution in [3.63, 3.8) is 0 Å². The van der Waals surface area contributed by atoms with Gasteiger partial charge in [0.25, 0.3) is 0 Å². The van der Waals surface area contributed by atoms with E-state index >= 15 is 0 Å². The van der Waals surface area contributed by atoms with Crippen molar-refractivity contribution < 1.29 is 14.3 Å². The first-order valence-electron chi connectivity index (χ1n) is 7.24. The molecule has 1 N–H and O–H groups in total. The van der Waals surface area contributed by atoms with Gasteiger partial charge in [-0.15, -0.1) is 5.10 Å². The first kappa shape index (κ1) is 17.1. The maximum atomic E-state index is 11.9. The summed E-state index contributed by atoms with van der Waals surface area (Å²) in [6.45, 7) is 10.5. The van der Waals surface area contributed by atoms with Gasteiger partial charge in [0.05, 0.1) is 12.3 Å². The van der Waals surface area contributed by atoms with E-state index in [1.165, 1.54) is 4.68 Å². The number of nitrogens with one attached hydrogen (secondary N) is 1. The maximum absolute atomic E-state index is 11.9. The summed E-state index contributed by atoms with van der Waals surface area (Å²) < 4.78 is 6.43. The van der Waals surface area contributed by atoms with Crippen LogP contribution in [0.4, 0.5) is 0 Å². The predicted molar refractivity (Wildman–Crippen MR) is 77.9 cm³/mol. The highest BCUT2D eigenvalue weighted by molar-refractivity contribution is 5.88. The van der Waals surface area contributed by atoms with E-state index in [1.54, 1.807) is 6.92 Å². The van der Waals surface area contributed by atoms with Crippen LogP contribution in [0.15, 0.2) is 0 Å². The van der Waals surface area contributed by atoms with Crippen molar-refractivity contribution in [3.05, 3.63) is 11.4 Å². The van der Waals surface area contributed by atoms with Gasteiger partial charge in [-0.05, 0) is 18.8 Å². The molecular formula is C14H24N4O3. The lowest BCUT2D eigenvalue weighted by molar-refractivity contribution is -0.122. The number of hydrogen-bond donors (Lipinski definition) is 1. The van der Waals surface area contributed by atoms with E-state index in [1.807, 2.05) is 27.7 Å². The van der Waals surface area contributed by atoms with Gasteiger partial charge in [-0.3, -0.25) is 4.79 Å². The van der Waals surface area contributed by atoms with E-state index < -0.39 is 5.97 Å².